The van der Waals surface area contributed by atoms with Gasteiger partial charge in [0.15, 0.2) is 11.6 Å². The molecule has 10 heteroatoms. The number of hydrogen-bond acceptors (Lipinski definition) is 7. The predicted molar refractivity (Wildman–Crippen MR) is 157 cm³/mol. The van der Waals surface area contributed by atoms with Gasteiger partial charge in [-0.2, -0.15) is 0 Å². The van der Waals surface area contributed by atoms with Crippen molar-refractivity contribution in [1.82, 2.24) is 19.4 Å². The van der Waals surface area contributed by atoms with E-state index in [9.17, 15) is 5.11 Å². The van der Waals surface area contributed by atoms with Gasteiger partial charge in [-0.25, -0.2) is 18.7 Å². The van der Waals surface area contributed by atoms with Gasteiger partial charge in [-0.15, -0.1) is 0 Å². The topological polar surface area (TPSA) is 90.9 Å². The van der Waals surface area contributed by atoms with Gasteiger partial charge < -0.3 is 19.9 Å². The second kappa shape index (κ2) is 13.2. The van der Waals surface area contributed by atoms with Crippen LogP contribution in [-0.2, 0) is 0 Å². The molecule has 0 saturated carbocycles. The Hall–Kier alpha value is -3.50. The summed E-state index contributed by atoms with van der Waals surface area (Å²) in [6.45, 7) is 14.5. The first kappa shape index (κ1) is 29.5. The molecular weight excluding hydrogens is 512 g/mol. The summed E-state index contributed by atoms with van der Waals surface area (Å²) < 4.78 is 32.0. The fourth-order valence-electron chi connectivity index (χ4n) is 5.63. The molecule has 1 saturated heterocycles. The third-order valence-corrected chi connectivity index (χ3v) is 7.70. The zero-order valence-corrected chi connectivity index (χ0v) is 23.7. The van der Waals surface area contributed by atoms with Gasteiger partial charge in [0, 0.05) is 23.7 Å². The summed E-state index contributed by atoms with van der Waals surface area (Å²) in [7, 11) is 0. The maximum atomic E-state index is 15.1. The lowest BCUT2D eigenvalue weighted by Gasteiger charge is -2.35. The van der Waals surface area contributed by atoms with Crippen molar-refractivity contribution in [2.24, 2.45) is 15.9 Å². The Kier molecular flexibility index (Phi) is 9.76. The number of anilines is 1. The van der Waals surface area contributed by atoms with Crippen molar-refractivity contribution >= 4 is 29.3 Å². The van der Waals surface area contributed by atoms with Crippen molar-refractivity contribution in [3.05, 3.63) is 65.3 Å². The number of hydrogen-bond donors (Lipinski definition) is 2. The van der Waals surface area contributed by atoms with E-state index in [1.54, 1.807) is 12.3 Å². The Morgan fingerprint density at radius 2 is 2.02 bits per heavy atom. The highest BCUT2D eigenvalue weighted by atomic mass is 19.1. The minimum atomic E-state index is -0.730. The molecule has 0 bridgehead atoms. The van der Waals surface area contributed by atoms with Crippen molar-refractivity contribution < 1.29 is 13.9 Å². The predicted octanol–water partition coefficient (Wildman–Crippen LogP) is 5.64. The van der Waals surface area contributed by atoms with Crippen LogP contribution in [0.25, 0.3) is 11.0 Å². The molecule has 1 unspecified atom stereocenters. The average Bonchev–Trinajstić information content (AvgIpc) is 3.29. The lowest BCUT2D eigenvalue weighted by atomic mass is 9.81. The van der Waals surface area contributed by atoms with E-state index in [1.807, 2.05) is 37.5 Å². The van der Waals surface area contributed by atoms with Crippen LogP contribution in [0.3, 0.4) is 0 Å². The van der Waals surface area contributed by atoms with Gasteiger partial charge in [0.2, 0.25) is 0 Å². The molecule has 214 valence electrons. The van der Waals surface area contributed by atoms with E-state index in [1.165, 1.54) is 6.07 Å². The Morgan fingerprint density at radius 3 is 2.62 bits per heavy atom. The van der Waals surface area contributed by atoms with Crippen molar-refractivity contribution in [3.63, 3.8) is 0 Å². The largest absolute Gasteiger partial charge is 0.396 e. The molecule has 1 fully saturated rings. The second-order valence-electron chi connectivity index (χ2n) is 10.5. The first-order chi connectivity index (χ1) is 19.3. The number of likely N-dealkylation sites (tertiary alicyclic amines) is 1. The molecule has 1 aliphatic rings. The van der Waals surface area contributed by atoms with Crippen LogP contribution in [0.15, 0.2) is 52.5 Å². The molecule has 1 aliphatic heterocycles. The quantitative estimate of drug-likeness (QED) is 0.301. The molecule has 4 rings (SSSR count). The number of fused-ring (bicyclic) bond motifs is 1. The highest BCUT2D eigenvalue weighted by molar-refractivity contribution is 6.12. The van der Waals surface area contributed by atoms with Gasteiger partial charge in [-0.1, -0.05) is 13.0 Å². The van der Waals surface area contributed by atoms with E-state index in [-0.39, 0.29) is 42.0 Å². The van der Waals surface area contributed by atoms with Gasteiger partial charge in [0.25, 0.3) is 0 Å². The number of aliphatic imine (C=N–C) groups is 2. The number of aliphatic hydroxyl groups is 1. The molecular formula is C30H39F2N7O. The summed E-state index contributed by atoms with van der Waals surface area (Å²) in [5.74, 6) is 0.420. The molecule has 8 nitrogen and oxygen atoms in total. The van der Waals surface area contributed by atoms with Crippen molar-refractivity contribution in [3.8, 4) is 0 Å². The fourth-order valence-corrected chi connectivity index (χ4v) is 5.63. The summed E-state index contributed by atoms with van der Waals surface area (Å²) in [5.41, 5.74) is 2.03. The van der Waals surface area contributed by atoms with E-state index in [2.05, 4.69) is 43.8 Å². The minimum Gasteiger partial charge on any atom is -0.396 e. The number of allylic oxidation sites excluding steroid dienone is 1. The Labute approximate surface area is 234 Å². The van der Waals surface area contributed by atoms with Crippen molar-refractivity contribution in [1.29, 1.82) is 0 Å². The number of aryl methyl sites for hydroxylation is 1. The standard InChI is InChI=1S/C30H39F2N7O/c1-6-38-11-9-21(10-12-38)24(17-40)22-7-8-28(34-15-22)35-18-36-29(26(32)16-33-5)23-13-25(31)30-27(14-23)39(19(2)3)20(4)37-30/h7-8,13-16,19,21,24,40H,5-6,9-12,17-18H2,1-4H3,(H,34,35)/b26-16+,36-29?. The van der Waals surface area contributed by atoms with Gasteiger partial charge in [-0.05, 0) is 89.6 Å². The Morgan fingerprint density at radius 1 is 1.27 bits per heavy atom. The number of nitrogens with zero attached hydrogens (tertiary/aromatic N) is 6. The number of aromatic nitrogens is 3. The molecule has 0 aliphatic carbocycles. The molecule has 3 heterocycles. The lowest BCUT2D eigenvalue weighted by Crippen LogP contribution is -2.36. The summed E-state index contributed by atoms with van der Waals surface area (Å²) in [6.07, 6.45) is 4.85. The number of halogens is 2. The zero-order valence-electron chi connectivity index (χ0n) is 23.7. The average molecular weight is 552 g/mol. The van der Waals surface area contributed by atoms with Crippen LogP contribution < -0.4 is 5.32 Å². The van der Waals surface area contributed by atoms with E-state index in [0.29, 0.717) is 23.1 Å². The van der Waals surface area contributed by atoms with E-state index in [4.69, 9.17) is 0 Å². The van der Waals surface area contributed by atoms with Gasteiger partial charge in [0.1, 0.15) is 29.5 Å². The minimum absolute atomic E-state index is 0.00111. The van der Waals surface area contributed by atoms with Crippen molar-refractivity contribution in [2.75, 3.05) is 38.2 Å². The first-order valence-corrected chi connectivity index (χ1v) is 13.8. The number of nitrogens with one attached hydrogen (secondary N) is 1. The lowest BCUT2D eigenvalue weighted by molar-refractivity contribution is 0.143. The molecule has 0 radical (unpaired) electrons. The number of piperidine rings is 1. The van der Waals surface area contributed by atoms with E-state index in [0.717, 1.165) is 44.2 Å². The smallest absolute Gasteiger partial charge is 0.167 e. The summed E-state index contributed by atoms with van der Waals surface area (Å²) in [5, 5.41) is 13.2. The molecule has 2 N–H and O–H groups in total. The number of pyridine rings is 1. The summed E-state index contributed by atoms with van der Waals surface area (Å²) in [4.78, 5) is 19.2. The molecule has 3 aromatic rings. The summed E-state index contributed by atoms with van der Waals surface area (Å²) >= 11 is 0. The van der Waals surface area contributed by atoms with Crippen LogP contribution in [0.2, 0.25) is 0 Å². The highest BCUT2D eigenvalue weighted by Gasteiger charge is 2.27. The maximum Gasteiger partial charge on any atom is 0.167 e. The van der Waals surface area contributed by atoms with Crippen LogP contribution in [0.4, 0.5) is 14.6 Å². The molecule has 2 aromatic heterocycles. The number of benzene rings is 1. The van der Waals surface area contributed by atoms with Crippen LogP contribution >= 0.6 is 0 Å². The van der Waals surface area contributed by atoms with Crippen LogP contribution in [0.1, 0.15) is 62.5 Å². The maximum absolute atomic E-state index is 15.1. The Balaban J connectivity index is 1.53. The Bertz CT molecular complexity index is 1370. The molecule has 40 heavy (non-hydrogen) atoms. The van der Waals surface area contributed by atoms with Gasteiger partial charge in [0.05, 0.1) is 18.3 Å². The third-order valence-electron chi connectivity index (χ3n) is 7.70. The van der Waals surface area contributed by atoms with E-state index >= 15 is 8.78 Å². The van der Waals surface area contributed by atoms with Gasteiger partial charge in [-0.3, -0.25) is 9.98 Å². The molecule has 1 atom stereocenters. The van der Waals surface area contributed by atoms with E-state index < -0.39 is 11.6 Å². The monoisotopic (exact) mass is 551 g/mol. The van der Waals surface area contributed by atoms with Crippen LogP contribution in [-0.4, -0.2) is 69.9 Å². The first-order valence-electron chi connectivity index (χ1n) is 13.8. The highest BCUT2D eigenvalue weighted by Crippen LogP contribution is 2.32. The summed E-state index contributed by atoms with van der Waals surface area (Å²) in [6, 6.07) is 6.78. The number of imidazole rings is 1. The normalized spacial score (nSPS) is 16.6. The molecule has 0 amide bonds. The second-order valence-corrected chi connectivity index (χ2v) is 10.5. The van der Waals surface area contributed by atoms with Crippen molar-refractivity contribution in [2.45, 2.75) is 52.5 Å². The number of rotatable bonds is 11. The van der Waals surface area contributed by atoms with Crippen LogP contribution in [0, 0.1) is 18.7 Å². The van der Waals surface area contributed by atoms with Crippen LogP contribution in [0.5, 0.6) is 0 Å². The van der Waals surface area contributed by atoms with Gasteiger partial charge >= 0.3 is 0 Å². The SMILES string of the molecule is C=N/C=C(/F)C(=NCNc1ccc(C(CO)C2CCN(CC)CC2)cn1)c1cc(F)c2nc(C)n(C(C)C)c2c1. The number of aliphatic hydroxyl groups excluding tert-OH is 1. The fraction of sp³-hybridized carbons (Fsp3) is 0.467. The molecule has 1 aromatic carbocycles. The zero-order chi connectivity index (χ0) is 28.8. The molecule has 0 spiro atoms. The third kappa shape index (κ3) is 6.45.